The van der Waals surface area contributed by atoms with Gasteiger partial charge in [-0.15, -0.1) is 0 Å². The van der Waals surface area contributed by atoms with Gasteiger partial charge in [0, 0.05) is 23.7 Å². The van der Waals surface area contributed by atoms with Gasteiger partial charge in [-0.2, -0.15) is 5.10 Å². The lowest BCUT2D eigenvalue weighted by Gasteiger charge is -2.05. The average molecular weight is 283 g/mol. The highest BCUT2D eigenvalue weighted by Crippen LogP contribution is 2.26. The maximum absolute atomic E-state index is 6.04. The van der Waals surface area contributed by atoms with E-state index < -0.39 is 0 Å². The number of rotatable bonds is 6. The summed E-state index contributed by atoms with van der Waals surface area (Å²) in [5, 5.41) is 9.12. The Bertz CT molecular complexity index is 727. The van der Waals surface area contributed by atoms with Crippen molar-refractivity contribution in [2.45, 2.75) is 33.4 Å². The van der Waals surface area contributed by atoms with Crippen LogP contribution in [-0.2, 0) is 13.1 Å². The zero-order valence-electron chi connectivity index (χ0n) is 12.6. The van der Waals surface area contributed by atoms with Crippen LogP contribution in [0.15, 0.2) is 40.9 Å². The fourth-order valence-corrected chi connectivity index (χ4v) is 2.56. The quantitative estimate of drug-likeness (QED) is 0.704. The molecular weight excluding hydrogens is 262 g/mol. The van der Waals surface area contributed by atoms with Crippen LogP contribution < -0.4 is 5.32 Å². The molecule has 0 fully saturated rings. The van der Waals surface area contributed by atoms with Crippen molar-refractivity contribution in [3.05, 3.63) is 53.5 Å². The minimum Gasteiger partial charge on any atom is -0.459 e. The monoisotopic (exact) mass is 283 g/mol. The van der Waals surface area contributed by atoms with Crippen LogP contribution in [-0.4, -0.2) is 16.3 Å². The molecule has 0 saturated heterocycles. The molecule has 0 aliphatic heterocycles. The highest BCUT2D eigenvalue weighted by molar-refractivity contribution is 5.82. The second-order valence-corrected chi connectivity index (χ2v) is 5.33. The first-order valence-electron chi connectivity index (χ1n) is 7.48. The maximum Gasteiger partial charge on any atom is 0.134 e. The molecule has 0 spiro atoms. The smallest absolute Gasteiger partial charge is 0.134 e. The number of hydrogen-bond donors (Lipinski definition) is 1. The summed E-state index contributed by atoms with van der Waals surface area (Å²) >= 11 is 0. The van der Waals surface area contributed by atoms with Gasteiger partial charge in [-0.1, -0.05) is 25.1 Å². The van der Waals surface area contributed by atoms with Crippen LogP contribution in [0.2, 0.25) is 0 Å². The number of para-hydroxylation sites is 1. The molecule has 4 heteroatoms. The van der Waals surface area contributed by atoms with Crippen molar-refractivity contribution >= 4 is 11.0 Å². The Balaban J connectivity index is 1.93. The van der Waals surface area contributed by atoms with Gasteiger partial charge >= 0.3 is 0 Å². The normalized spacial score (nSPS) is 11.3. The molecule has 0 atom stereocenters. The molecule has 1 aromatic carbocycles. The number of furan rings is 1. The van der Waals surface area contributed by atoms with E-state index in [9.17, 15) is 0 Å². The van der Waals surface area contributed by atoms with Crippen molar-refractivity contribution in [3.8, 4) is 0 Å². The summed E-state index contributed by atoms with van der Waals surface area (Å²) in [6.07, 6.45) is 3.12. The van der Waals surface area contributed by atoms with Gasteiger partial charge in [-0.05, 0) is 32.0 Å². The lowest BCUT2D eigenvalue weighted by molar-refractivity contribution is 0.498. The number of hydrogen-bond acceptors (Lipinski definition) is 3. The first kappa shape index (κ1) is 13.9. The van der Waals surface area contributed by atoms with E-state index in [2.05, 4.69) is 29.5 Å². The Morgan fingerprint density at radius 1 is 1.24 bits per heavy atom. The molecule has 0 bridgehead atoms. The van der Waals surface area contributed by atoms with Gasteiger partial charge in [0.05, 0.1) is 12.2 Å². The van der Waals surface area contributed by atoms with Crippen LogP contribution in [0.3, 0.4) is 0 Å². The topological polar surface area (TPSA) is 43.0 Å². The highest BCUT2D eigenvalue weighted by Gasteiger charge is 2.14. The third-order valence-electron chi connectivity index (χ3n) is 3.59. The van der Waals surface area contributed by atoms with E-state index in [0.29, 0.717) is 6.54 Å². The van der Waals surface area contributed by atoms with Crippen LogP contribution in [0, 0.1) is 6.92 Å². The summed E-state index contributed by atoms with van der Waals surface area (Å²) in [5.41, 5.74) is 3.22. The lowest BCUT2D eigenvalue weighted by atomic mass is 10.1. The van der Waals surface area contributed by atoms with Crippen molar-refractivity contribution in [1.82, 2.24) is 15.1 Å². The number of fused-ring (bicyclic) bond motifs is 1. The van der Waals surface area contributed by atoms with E-state index >= 15 is 0 Å². The Labute approximate surface area is 124 Å². The number of aryl methyl sites for hydroxylation is 1. The molecule has 2 heterocycles. The van der Waals surface area contributed by atoms with Crippen LogP contribution in [0.1, 0.15) is 30.4 Å². The first-order valence-corrected chi connectivity index (χ1v) is 7.48. The Hall–Kier alpha value is -2.07. The molecule has 0 radical (unpaired) electrons. The first-order chi connectivity index (χ1) is 10.3. The van der Waals surface area contributed by atoms with Crippen LogP contribution in [0.5, 0.6) is 0 Å². The summed E-state index contributed by atoms with van der Waals surface area (Å²) in [4.78, 5) is 0. The van der Waals surface area contributed by atoms with Gasteiger partial charge in [0.1, 0.15) is 11.3 Å². The zero-order valence-corrected chi connectivity index (χ0v) is 12.6. The predicted molar refractivity (Wildman–Crippen MR) is 84.3 cm³/mol. The average Bonchev–Trinajstić information content (AvgIpc) is 3.04. The van der Waals surface area contributed by atoms with E-state index in [0.717, 1.165) is 36.5 Å². The summed E-state index contributed by atoms with van der Waals surface area (Å²) in [6, 6.07) is 10.2. The molecule has 0 amide bonds. The Morgan fingerprint density at radius 3 is 2.86 bits per heavy atom. The van der Waals surface area contributed by atoms with Crippen molar-refractivity contribution in [1.29, 1.82) is 0 Å². The van der Waals surface area contributed by atoms with Gasteiger partial charge < -0.3 is 9.73 Å². The lowest BCUT2D eigenvalue weighted by Crippen LogP contribution is -2.15. The van der Waals surface area contributed by atoms with Gasteiger partial charge in [-0.25, -0.2) is 0 Å². The van der Waals surface area contributed by atoms with Crippen LogP contribution in [0.4, 0.5) is 0 Å². The number of nitrogens with one attached hydrogen (secondary N) is 1. The third-order valence-corrected chi connectivity index (χ3v) is 3.59. The third kappa shape index (κ3) is 3.00. The SMILES string of the molecule is CCCNCc1c(Cn2ccc(C)n2)oc2ccccc12. The minimum atomic E-state index is 0.672. The second kappa shape index (κ2) is 6.14. The number of nitrogens with zero attached hydrogens (tertiary/aromatic N) is 2. The van der Waals surface area contributed by atoms with E-state index in [1.54, 1.807) is 0 Å². The highest BCUT2D eigenvalue weighted by atomic mass is 16.3. The molecule has 3 aromatic rings. The van der Waals surface area contributed by atoms with Crippen molar-refractivity contribution in [2.75, 3.05) is 6.54 Å². The van der Waals surface area contributed by atoms with Gasteiger partial charge in [-0.3, -0.25) is 4.68 Å². The van der Waals surface area contributed by atoms with Gasteiger partial charge in [0.2, 0.25) is 0 Å². The van der Waals surface area contributed by atoms with Gasteiger partial charge in [0.15, 0.2) is 0 Å². The van der Waals surface area contributed by atoms with E-state index in [4.69, 9.17) is 4.42 Å². The Kier molecular flexibility index (Phi) is 4.06. The largest absolute Gasteiger partial charge is 0.459 e. The zero-order chi connectivity index (χ0) is 14.7. The summed E-state index contributed by atoms with van der Waals surface area (Å²) in [5.74, 6) is 0.989. The summed E-state index contributed by atoms with van der Waals surface area (Å²) in [7, 11) is 0. The van der Waals surface area contributed by atoms with E-state index in [1.165, 1.54) is 10.9 Å². The molecule has 0 aliphatic rings. The molecule has 0 unspecified atom stereocenters. The molecule has 21 heavy (non-hydrogen) atoms. The Morgan fingerprint density at radius 2 is 2.10 bits per heavy atom. The van der Waals surface area contributed by atoms with Crippen LogP contribution >= 0.6 is 0 Å². The molecule has 1 N–H and O–H groups in total. The summed E-state index contributed by atoms with van der Waals surface area (Å²) in [6.45, 7) is 6.69. The standard InChI is InChI=1S/C17H21N3O/c1-3-9-18-11-15-14-6-4-5-7-16(14)21-17(15)12-20-10-8-13(2)19-20/h4-8,10,18H,3,9,11-12H2,1-2H3. The molecule has 0 aliphatic carbocycles. The second-order valence-electron chi connectivity index (χ2n) is 5.33. The van der Waals surface area contributed by atoms with Crippen molar-refractivity contribution in [2.24, 2.45) is 0 Å². The van der Waals surface area contributed by atoms with Crippen molar-refractivity contribution in [3.63, 3.8) is 0 Å². The van der Waals surface area contributed by atoms with Crippen LogP contribution in [0.25, 0.3) is 11.0 Å². The number of aromatic nitrogens is 2. The molecule has 4 nitrogen and oxygen atoms in total. The summed E-state index contributed by atoms with van der Waals surface area (Å²) < 4.78 is 7.97. The molecular formula is C17H21N3O. The molecule has 110 valence electrons. The van der Waals surface area contributed by atoms with E-state index in [-0.39, 0.29) is 0 Å². The molecule has 3 rings (SSSR count). The van der Waals surface area contributed by atoms with Crippen molar-refractivity contribution < 1.29 is 4.42 Å². The predicted octanol–water partition coefficient (Wildman–Crippen LogP) is 3.49. The number of benzene rings is 1. The fraction of sp³-hybridized carbons (Fsp3) is 0.353. The molecule has 0 saturated carbocycles. The molecule has 2 aromatic heterocycles. The van der Waals surface area contributed by atoms with E-state index in [1.807, 2.05) is 36.0 Å². The van der Waals surface area contributed by atoms with Gasteiger partial charge in [0.25, 0.3) is 0 Å². The maximum atomic E-state index is 6.04. The minimum absolute atomic E-state index is 0.672. The fourth-order valence-electron chi connectivity index (χ4n) is 2.56.